The number of carbonyl (C=O) groups is 3. The molecule has 0 bridgehead atoms. The number of nitrogens with zero attached hydrogens (tertiary/aromatic N) is 4. The van der Waals surface area contributed by atoms with Gasteiger partial charge in [0.15, 0.2) is 6.10 Å². The van der Waals surface area contributed by atoms with Crippen molar-refractivity contribution in [3.63, 3.8) is 0 Å². The van der Waals surface area contributed by atoms with Crippen molar-refractivity contribution in [3.8, 4) is 23.0 Å². The lowest BCUT2D eigenvalue weighted by Gasteiger charge is -2.36. The van der Waals surface area contributed by atoms with Crippen LogP contribution in [0.4, 0.5) is 0 Å². The van der Waals surface area contributed by atoms with E-state index in [0.29, 0.717) is 61.2 Å². The van der Waals surface area contributed by atoms with Gasteiger partial charge in [0.1, 0.15) is 66.6 Å². The van der Waals surface area contributed by atoms with Crippen molar-refractivity contribution in [1.82, 2.24) is 30.0 Å². The Kier molecular flexibility index (Phi) is 17.8. The number of nitrogens with one attached hydrogen (secondary N) is 2. The van der Waals surface area contributed by atoms with Gasteiger partial charge in [0.25, 0.3) is 20.1 Å². The van der Waals surface area contributed by atoms with E-state index in [1.54, 1.807) is 93.1 Å². The first-order valence-electron chi connectivity index (χ1n) is 24.0. The maximum absolute atomic E-state index is 14.6. The van der Waals surface area contributed by atoms with Crippen LogP contribution in [0.5, 0.6) is 23.0 Å². The second kappa shape index (κ2) is 24.8. The first-order valence-corrected chi connectivity index (χ1v) is 27.7. The highest BCUT2D eigenvalue weighted by Gasteiger charge is 2.42. The van der Waals surface area contributed by atoms with Gasteiger partial charge in [-0.3, -0.25) is 13.8 Å². The number of hydrogen-bond acceptors (Lipinski definition) is 18. The molecule has 1 amide bonds. The lowest BCUT2D eigenvalue weighted by Crippen LogP contribution is -2.47. The molecule has 20 nitrogen and oxygen atoms in total. The zero-order chi connectivity index (χ0) is 55.5. The third-order valence-corrected chi connectivity index (χ3v) is 16.2. The van der Waals surface area contributed by atoms with Crippen LogP contribution in [0.2, 0.25) is 0 Å². The SMILES string of the molecule is COC(=O)C(Cc1ccc(OCC(COS(=O)(=O)c2ccc(C)cc2)OC(C)=O)cc1)NC(=O)Cn1cc(COc2ccc3nc(S(=O)(=O)NC(c4ccccc4)(c4ccc(OC)cc4)c4ccc(OC)cc4)sc3c2)nn1. The largest absolute Gasteiger partial charge is 0.497 e. The minimum Gasteiger partial charge on any atom is -0.497 e. The van der Waals surface area contributed by atoms with E-state index in [1.807, 2.05) is 61.5 Å². The lowest BCUT2D eigenvalue weighted by molar-refractivity contribution is -0.149. The van der Waals surface area contributed by atoms with E-state index in [-0.39, 0.29) is 35.4 Å². The molecule has 6 aromatic carbocycles. The maximum atomic E-state index is 14.6. The zero-order valence-electron chi connectivity index (χ0n) is 42.9. The van der Waals surface area contributed by atoms with Gasteiger partial charge in [0, 0.05) is 13.3 Å². The molecule has 0 aliphatic rings. The number of amides is 1. The van der Waals surface area contributed by atoms with Gasteiger partial charge in [-0.1, -0.05) is 89.6 Å². The molecule has 0 spiro atoms. The molecular formula is C55H54N6O14S3. The number of rotatable bonds is 25. The Morgan fingerprint density at radius 1 is 0.718 bits per heavy atom. The average Bonchev–Trinajstić information content (AvgIpc) is 4.19. The number of carbonyl (C=O) groups excluding carboxylic acids is 3. The van der Waals surface area contributed by atoms with Crippen LogP contribution in [0.15, 0.2) is 161 Å². The van der Waals surface area contributed by atoms with Crippen LogP contribution in [-0.2, 0) is 73.3 Å². The normalized spacial score (nSPS) is 12.5. The van der Waals surface area contributed by atoms with Crippen LogP contribution in [-0.4, -0.2) is 101 Å². The van der Waals surface area contributed by atoms with Crippen LogP contribution in [0.3, 0.4) is 0 Å². The molecule has 0 saturated heterocycles. The van der Waals surface area contributed by atoms with Crippen molar-refractivity contribution in [1.29, 1.82) is 0 Å². The van der Waals surface area contributed by atoms with Gasteiger partial charge < -0.3 is 33.7 Å². The Balaban J connectivity index is 0.877. The molecule has 406 valence electrons. The van der Waals surface area contributed by atoms with Crippen molar-refractivity contribution < 1.29 is 63.8 Å². The van der Waals surface area contributed by atoms with Crippen molar-refractivity contribution in [2.45, 2.75) is 60.3 Å². The van der Waals surface area contributed by atoms with Crippen LogP contribution >= 0.6 is 11.3 Å². The van der Waals surface area contributed by atoms with Crippen molar-refractivity contribution >= 4 is 59.5 Å². The number of aryl methyl sites for hydroxylation is 1. The number of methoxy groups -OCH3 is 3. The maximum Gasteiger partial charge on any atom is 0.328 e. The Bertz CT molecular complexity index is 3530. The summed E-state index contributed by atoms with van der Waals surface area (Å²) in [6.45, 7) is 1.93. The van der Waals surface area contributed by atoms with Crippen LogP contribution in [0, 0.1) is 6.92 Å². The van der Waals surface area contributed by atoms with Crippen LogP contribution in [0.1, 0.15) is 40.4 Å². The summed E-state index contributed by atoms with van der Waals surface area (Å²) in [5, 5.41) is 10.9. The number of hydrogen-bond donors (Lipinski definition) is 2. The van der Waals surface area contributed by atoms with Gasteiger partial charge >= 0.3 is 11.9 Å². The van der Waals surface area contributed by atoms with E-state index in [9.17, 15) is 31.2 Å². The summed E-state index contributed by atoms with van der Waals surface area (Å²) in [4.78, 5) is 42.3. The number of esters is 2. The predicted octanol–water partition coefficient (Wildman–Crippen LogP) is 6.68. The fraction of sp³-hybridized carbons (Fsp3) is 0.236. The minimum atomic E-state index is -4.34. The summed E-state index contributed by atoms with van der Waals surface area (Å²) < 4.78 is 97.5. The number of aromatic nitrogens is 4. The molecule has 0 aliphatic heterocycles. The van der Waals surface area contributed by atoms with Gasteiger partial charge in [-0.05, 0) is 95.9 Å². The van der Waals surface area contributed by atoms with Crippen molar-refractivity contribution in [3.05, 3.63) is 185 Å². The summed E-state index contributed by atoms with van der Waals surface area (Å²) in [6, 6.07) is 40.2. The minimum absolute atomic E-state index is 0.0457. The van der Waals surface area contributed by atoms with Gasteiger partial charge in [-0.15, -0.1) is 16.4 Å². The van der Waals surface area contributed by atoms with E-state index in [1.165, 1.54) is 37.0 Å². The van der Waals surface area contributed by atoms with E-state index in [2.05, 4.69) is 25.3 Å². The number of fused-ring (bicyclic) bond motifs is 1. The second-order valence-electron chi connectivity index (χ2n) is 17.6. The predicted molar refractivity (Wildman–Crippen MR) is 286 cm³/mol. The molecule has 0 aliphatic carbocycles. The third-order valence-electron chi connectivity index (χ3n) is 12.1. The molecule has 8 aromatic rings. The molecule has 0 radical (unpaired) electrons. The molecule has 78 heavy (non-hydrogen) atoms. The first kappa shape index (κ1) is 56.0. The van der Waals surface area contributed by atoms with Crippen molar-refractivity contribution in [2.75, 3.05) is 34.5 Å². The summed E-state index contributed by atoms with van der Waals surface area (Å²) >= 11 is 0.975. The zero-order valence-corrected chi connectivity index (χ0v) is 45.3. The summed E-state index contributed by atoms with van der Waals surface area (Å²) in [5.41, 5.74) is 2.80. The Morgan fingerprint density at radius 2 is 1.33 bits per heavy atom. The molecule has 2 aromatic heterocycles. The molecule has 2 unspecified atom stereocenters. The number of benzene rings is 6. The third kappa shape index (κ3) is 13.8. The highest BCUT2D eigenvalue weighted by molar-refractivity contribution is 7.91. The van der Waals surface area contributed by atoms with E-state index in [4.69, 9.17) is 32.6 Å². The van der Waals surface area contributed by atoms with Crippen molar-refractivity contribution in [2.24, 2.45) is 0 Å². The molecule has 2 heterocycles. The molecule has 23 heteroatoms. The topological polar surface area (TPSA) is 252 Å². The van der Waals surface area contributed by atoms with Crippen LogP contribution in [0.25, 0.3) is 10.2 Å². The van der Waals surface area contributed by atoms with E-state index >= 15 is 0 Å². The number of sulfonamides is 1. The van der Waals surface area contributed by atoms with E-state index in [0.717, 1.165) is 16.9 Å². The van der Waals surface area contributed by atoms with Gasteiger partial charge in [0.2, 0.25) is 10.2 Å². The standard InChI is InChI=1S/C55H54N6O14S3/c1-36-11-26-48(27-12-36)78(67,68)74-35-47(75-37(2)62)34-73-45-19-13-38(14-20-45)29-50(53(64)71-5)56-52(63)32-61-31-42(58-60-61)33-72-46-25-28-49-51(30-46)76-54(57-49)77(65,66)59-55(39-9-7-6-8-10-39,40-15-21-43(69-3)22-16-40)41-17-23-44(70-4)24-18-41/h6-28,30-31,47,50,59H,29,32-35H2,1-5H3,(H,56,63). The quantitative estimate of drug-likeness (QED) is 0.0344. The highest BCUT2D eigenvalue weighted by atomic mass is 32.2. The molecule has 2 N–H and O–H groups in total. The van der Waals surface area contributed by atoms with Gasteiger partial charge in [-0.2, -0.15) is 13.1 Å². The monoisotopic (exact) mass is 1120 g/mol. The second-order valence-corrected chi connectivity index (χ2v) is 22.1. The number of thiazole rings is 1. The first-order chi connectivity index (χ1) is 37.5. The summed E-state index contributed by atoms with van der Waals surface area (Å²) in [7, 11) is -4.15. The fourth-order valence-electron chi connectivity index (χ4n) is 8.18. The summed E-state index contributed by atoms with van der Waals surface area (Å²) in [5.74, 6) is 0.0311. The van der Waals surface area contributed by atoms with Gasteiger partial charge in [0.05, 0.1) is 42.6 Å². The molecule has 0 fully saturated rings. The number of ether oxygens (including phenoxy) is 6. The molecule has 0 saturated carbocycles. The molecule has 8 rings (SSSR count). The Labute approximate surface area is 454 Å². The average molecular weight is 1120 g/mol. The lowest BCUT2D eigenvalue weighted by atomic mass is 9.78. The van der Waals surface area contributed by atoms with E-state index < -0.39 is 62.3 Å². The highest BCUT2D eigenvalue weighted by Crippen LogP contribution is 2.41. The molecular weight excluding hydrogens is 1060 g/mol. The van der Waals surface area contributed by atoms with Gasteiger partial charge in [-0.25, -0.2) is 22.9 Å². The van der Waals surface area contributed by atoms with Crippen LogP contribution < -0.4 is 29.0 Å². The molecule has 2 atom stereocenters. The smallest absolute Gasteiger partial charge is 0.328 e. The Hall–Kier alpha value is -8.22. The fourth-order valence-corrected chi connectivity index (χ4v) is 11.7. The summed E-state index contributed by atoms with van der Waals surface area (Å²) in [6.07, 6.45) is 0.501. The Morgan fingerprint density at radius 3 is 1.95 bits per heavy atom.